The Balaban J connectivity index is 2.46. The van der Waals surface area contributed by atoms with Crippen molar-refractivity contribution in [2.24, 2.45) is 4.99 Å². The van der Waals surface area contributed by atoms with E-state index >= 15 is 0 Å². The SMILES string of the molecule is CCOC(=O)c1cc(-c2ccccc2)sc1N=C=O. The number of esters is 1. The molecule has 0 N–H and O–H groups in total. The van der Waals surface area contributed by atoms with E-state index in [1.807, 2.05) is 30.3 Å². The summed E-state index contributed by atoms with van der Waals surface area (Å²) in [5, 5.41) is 0.326. The molecule has 4 nitrogen and oxygen atoms in total. The van der Waals surface area contributed by atoms with Gasteiger partial charge in [-0.25, -0.2) is 9.59 Å². The van der Waals surface area contributed by atoms with Crippen molar-refractivity contribution in [1.29, 1.82) is 0 Å². The van der Waals surface area contributed by atoms with Gasteiger partial charge in [0.2, 0.25) is 6.08 Å². The van der Waals surface area contributed by atoms with Gasteiger partial charge in [0, 0.05) is 4.88 Å². The number of benzene rings is 1. The topological polar surface area (TPSA) is 55.7 Å². The summed E-state index contributed by atoms with van der Waals surface area (Å²) in [5.74, 6) is -0.477. The normalized spacial score (nSPS) is 9.74. The highest BCUT2D eigenvalue weighted by atomic mass is 32.1. The van der Waals surface area contributed by atoms with Crippen LogP contribution >= 0.6 is 11.3 Å². The predicted molar refractivity (Wildman–Crippen MR) is 73.5 cm³/mol. The molecule has 19 heavy (non-hydrogen) atoms. The van der Waals surface area contributed by atoms with Crippen LogP contribution in [0.2, 0.25) is 0 Å². The monoisotopic (exact) mass is 273 g/mol. The minimum atomic E-state index is -0.477. The van der Waals surface area contributed by atoms with Gasteiger partial charge in [-0.3, -0.25) is 0 Å². The van der Waals surface area contributed by atoms with Crippen LogP contribution in [0.15, 0.2) is 41.4 Å². The molecule has 0 unspecified atom stereocenters. The molecule has 1 aromatic heterocycles. The summed E-state index contributed by atoms with van der Waals surface area (Å²) in [6, 6.07) is 11.3. The maximum Gasteiger partial charge on any atom is 0.341 e. The van der Waals surface area contributed by atoms with Crippen molar-refractivity contribution in [3.8, 4) is 10.4 Å². The smallest absolute Gasteiger partial charge is 0.341 e. The van der Waals surface area contributed by atoms with Gasteiger partial charge in [-0.15, -0.1) is 11.3 Å². The molecule has 2 rings (SSSR count). The van der Waals surface area contributed by atoms with Gasteiger partial charge in [0.15, 0.2) is 0 Å². The number of nitrogens with zero attached hydrogens (tertiary/aromatic N) is 1. The lowest BCUT2D eigenvalue weighted by molar-refractivity contribution is 0.0528. The van der Waals surface area contributed by atoms with Gasteiger partial charge in [-0.05, 0) is 18.6 Å². The molecule has 0 fully saturated rings. The molecule has 1 heterocycles. The highest BCUT2D eigenvalue weighted by Gasteiger charge is 2.17. The van der Waals surface area contributed by atoms with Crippen LogP contribution in [0, 0.1) is 0 Å². The van der Waals surface area contributed by atoms with Crippen LogP contribution in [0.25, 0.3) is 10.4 Å². The van der Waals surface area contributed by atoms with Gasteiger partial charge in [0.05, 0.1) is 12.2 Å². The van der Waals surface area contributed by atoms with E-state index in [1.54, 1.807) is 13.0 Å². The molecule has 5 heteroatoms. The molecule has 0 atom stereocenters. The van der Waals surface area contributed by atoms with E-state index in [0.717, 1.165) is 10.4 Å². The number of rotatable bonds is 4. The standard InChI is InChI=1S/C14H11NO3S/c1-2-18-14(17)11-8-12(19-13(11)15-9-16)10-6-4-3-5-7-10/h3-8H,2H2,1H3. The van der Waals surface area contributed by atoms with Gasteiger partial charge >= 0.3 is 5.97 Å². The van der Waals surface area contributed by atoms with Crippen LogP contribution < -0.4 is 0 Å². The fraction of sp³-hybridized carbons (Fsp3) is 0.143. The van der Waals surface area contributed by atoms with Crippen molar-refractivity contribution >= 4 is 28.4 Å². The number of ether oxygens (including phenoxy) is 1. The first kappa shape index (κ1) is 13.2. The van der Waals surface area contributed by atoms with Crippen LogP contribution in [0.3, 0.4) is 0 Å². The van der Waals surface area contributed by atoms with E-state index in [-0.39, 0.29) is 6.61 Å². The number of carbonyl (C=O) groups excluding carboxylic acids is 2. The number of hydrogen-bond donors (Lipinski definition) is 0. The Labute approximate surface area is 114 Å². The minimum absolute atomic E-state index is 0.277. The largest absolute Gasteiger partial charge is 0.462 e. The average Bonchev–Trinajstić information content (AvgIpc) is 2.85. The zero-order valence-electron chi connectivity index (χ0n) is 10.3. The molecule has 0 saturated carbocycles. The van der Waals surface area contributed by atoms with Crippen molar-refractivity contribution < 1.29 is 14.3 Å². The highest BCUT2D eigenvalue weighted by molar-refractivity contribution is 7.19. The summed E-state index contributed by atoms with van der Waals surface area (Å²) in [6.45, 7) is 2.00. The van der Waals surface area contributed by atoms with Gasteiger partial charge in [-0.2, -0.15) is 4.99 Å². The molecule has 0 aliphatic heterocycles. The summed E-state index contributed by atoms with van der Waals surface area (Å²) in [7, 11) is 0. The van der Waals surface area contributed by atoms with E-state index in [4.69, 9.17) is 4.74 Å². The molecule has 0 aliphatic carbocycles. The molecule has 0 aliphatic rings. The fourth-order valence-electron chi connectivity index (χ4n) is 1.61. The molecular formula is C14H11NO3S. The first-order chi connectivity index (χ1) is 9.26. The quantitative estimate of drug-likeness (QED) is 0.486. The molecule has 0 radical (unpaired) electrons. The van der Waals surface area contributed by atoms with Gasteiger partial charge < -0.3 is 4.74 Å². The summed E-state index contributed by atoms with van der Waals surface area (Å²) < 4.78 is 4.94. The van der Waals surface area contributed by atoms with E-state index in [0.29, 0.717) is 10.6 Å². The first-order valence-corrected chi connectivity index (χ1v) is 6.52. The van der Waals surface area contributed by atoms with Crippen LogP contribution in [0.4, 0.5) is 5.00 Å². The Morgan fingerprint density at radius 1 is 1.37 bits per heavy atom. The van der Waals surface area contributed by atoms with Crippen LogP contribution in [-0.2, 0) is 9.53 Å². The maximum atomic E-state index is 11.8. The van der Waals surface area contributed by atoms with Crippen molar-refractivity contribution in [2.45, 2.75) is 6.92 Å². The Morgan fingerprint density at radius 2 is 2.11 bits per heavy atom. The van der Waals surface area contributed by atoms with Crippen molar-refractivity contribution in [2.75, 3.05) is 6.61 Å². The summed E-state index contributed by atoms with van der Waals surface area (Å²) in [4.78, 5) is 26.6. The number of hydrogen-bond acceptors (Lipinski definition) is 5. The van der Waals surface area contributed by atoms with Crippen molar-refractivity contribution in [1.82, 2.24) is 0 Å². The molecular weight excluding hydrogens is 262 g/mol. The fourth-order valence-corrected chi connectivity index (χ4v) is 2.58. The number of aliphatic imine (C=N–C) groups is 1. The third-order valence-electron chi connectivity index (χ3n) is 2.41. The molecule has 2 aromatic rings. The summed E-state index contributed by atoms with van der Waals surface area (Å²) in [5.41, 5.74) is 1.26. The highest BCUT2D eigenvalue weighted by Crippen LogP contribution is 2.37. The molecule has 1 aromatic carbocycles. The first-order valence-electron chi connectivity index (χ1n) is 5.70. The lowest BCUT2D eigenvalue weighted by Crippen LogP contribution is -2.03. The molecule has 0 amide bonds. The zero-order valence-corrected chi connectivity index (χ0v) is 11.1. The van der Waals surface area contributed by atoms with Crippen LogP contribution in [-0.4, -0.2) is 18.7 Å². The third kappa shape index (κ3) is 2.96. The predicted octanol–water partition coefficient (Wildman–Crippen LogP) is 3.56. The van der Waals surface area contributed by atoms with Crippen molar-refractivity contribution in [3.05, 3.63) is 42.0 Å². The van der Waals surface area contributed by atoms with Gasteiger partial charge in [-0.1, -0.05) is 30.3 Å². The van der Waals surface area contributed by atoms with Gasteiger partial charge in [0.25, 0.3) is 0 Å². The molecule has 0 spiro atoms. The Hall–Kier alpha value is -2.23. The maximum absolute atomic E-state index is 11.8. The Morgan fingerprint density at radius 3 is 2.74 bits per heavy atom. The van der Waals surface area contributed by atoms with E-state index in [2.05, 4.69) is 4.99 Å². The number of isocyanates is 1. The van der Waals surface area contributed by atoms with Gasteiger partial charge in [0.1, 0.15) is 5.00 Å². The number of carbonyl (C=O) groups is 1. The molecule has 96 valence electrons. The second kappa shape index (κ2) is 6.09. The van der Waals surface area contributed by atoms with E-state index in [1.165, 1.54) is 17.4 Å². The van der Waals surface area contributed by atoms with E-state index < -0.39 is 5.97 Å². The summed E-state index contributed by atoms with van der Waals surface area (Å²) in [6.07, 6.45) is 1.46. The number of thiophene rings is 1. The summed E-state index contributed by atoms with van der Waals surface area (Å²) >= 11 is 1.26. The molecule has 0 saturated heterocycles. The van der Waals surface area contributed by atoms with Crippen molar-refractivity contribution in [3.63, 3.8) is 0 Å². The third-order valence-corrected chi connectivity index (χ3v) is 3.49. The lowest BCUT2D eigenvalue weighted by atomic mass is 10.1. The van der Waals surface area contributed by atoms with Crippen LogP contribution in [0.1, 0.15) is 17.3 Å². The average molecular weight is 273 g/mol. The second-order valence-electron chi connectivity index (χ2n) is 3.62. The molecule has 0 bridgehead atoms. The van der Waals surface area contributed by atoms with E-state index in [9.17, 15) is 9.59 Å². The Kier molecular flexibility index (Phi) is 4.23. The second-order valence-corrected chi connectivity index (χ2v) is 4.65. The Bertz CT molecular complexity index is 627. The lowest BCUT2D eigenvalue weighted by Gasteiger charge is -1.98. The van der Waals surface area contributed by atoms with Crippen LogP contribution in [0.5, 0.6) is 0 Å². The zero-order chi connectivity index (χ0) is 13.7. The minimum Gasteiger partial charge on any atom is -0.462 e.